The second-order valence-corrected chi connectivity index (χ2v) is 3.89. The number of carbonyl (C=O) groups excluding carboxylic acids is 1. The van der Waals surface area contributed by atoms with Gasteiger partial charge in [-0.2, -0.15) is 0 Å². The summed E-state index contributed by atoms with van der Waals surface area (Å²) in [5.41, 5.74) is 0. The topological polar surface area (TPSA) is 77.0 Å². The van der Waals surface area contributed by atoms with E-state index in [1.165, 1.54) is 14.2 Å². The van der Waals surface area contributed by atoms with E-state index < -0.39 is 8.60 Å². The Morgan fingerprint density at radius 3 is 2.67 bits per heavy atom. The van der Waals surface area contributed by atoms with Crippen LogP contribution in [-0.2, 0) is 18.6 Å². The first kappa shape index (κ1) is 14.8. The monoisotopic (exact) mass is 237 g/mol. The maximum Gasteiger partial charge on any atom is 0.329 e. The molecule has 2 N–H and O–H groups in total. The molecule has 0 bridgehead atoms. The standard InChI is InChI=1S/C7H17BNO5P/c1-12-4-6(9-7(10)3-8)5-14-15(11)13-2/h6,11H,3-5,8H2,1-2H3,(H,9,10). The molecule has 0 radical (unpaired) electrons. The van der Waals surface area contributed by atoms with Crippen LogP contribution in [-0.4, -0.2) is 52.1 Å². The van der Waals surface area contributed by atoms with Crippen LogP contribution in [0.25, 0.3) is 0 Å². The third kappa shape index (κ3) is 7.70. The van der Waals surface area contributed by atoms with Gasteiger partial charge in [0.25, 0.3) is 0 Å². The molecule has 0 aromatic heterocycles. The van der Waals surface area contributed by atoms with Crippen molar-refractivity contribution in [3.63, 3.8) is 0 Å². The predicted octanol–water partition coefficient (Wildman–Crippen LogP) is -0.949. The number of methoxy groups -OCH3 is 1. The van der Waals surface area contributed by atoms with E-state index in [1.807, 2.05) is 0 Å². The van der Waals surface area contributed by atoms with Gasteiger partial charge in [0, 0.05) is 14.2 Å². The first-order valence-corrected chi connectivity index (χ1v) is 5.71. The molecule has 2 atom stereocenters. The Hall–Kier alpha value is -0.195. The van der Waals surface area contributed by atoms with Crippen LogP contribution >= 0.6 is 8.60 Å². The Labute approximate surface area is 91.7 Å². The molecular formula is C7H17BNO5P. The van der Waals surface area contributed by atoms with Crippen LogP contribution in [0.5, 0.6) is 0 Å². The van der Waals surface area contributed by atoms with Gasteiger partial charge in [0.15, 0.2) is 0 Å². The molecule has 0 saturated heterocycles. The molecular weight excluding hydrogens is 220 g/mol. The lowest BCUT2D eigenvalue weighted by Crippen LogP contribution is -2.40. The number of amides is 1. The van der Waals surface area contributed by atoms with Crippen LogP contribution < -0.4 is 5.32 Å². The lowest BCUT2D eigenvalue weighted by atomic mass is 10.0. The molecule has 0 heterocycles. The summed E-state index contributed by atoms with van der Waals surface area (Å²) in [4.78, 5) is 20.1. The van der Waals surface area contributed by atoms with Crippen LogP contribution in [0.1, 0.15) is 0 Å². The summed E-state index contributed by atoms with van der Waals surface area (Å²) in [5.74, 6) is -0.0830. The molecule has 8 heteroatoms. The van der Waals surface area contributed by atoms with Crippen LogP contribution in [0.15, 0.2) is 0 Å². The smallest absolute Gasteiger partial charge is 0.329 e. The van der Waals surface area contributed by atoms with E-state index >= 15 is 0 Å². The fourth-order valence-electron chi connectivity index (χ4n) is 0.869. The Morgan fingerprint density at radius 1 is 1.53 bits per heavy atom. The second kappa shape index (κ2) is 9.06. The van der Waals surface area contributed by atoms with Gasteiger partial charge in [-0.1, -0.05) is 0 Å². The fraction of sp³-hybridized carbons (Fsp3) is 0.857. The zero-order chi connectivity index (χ0) is 11.7. The Balaban J connectivity index is 3.87. The number of hydrogen-bond acceptors (Lipinski definition) is 5. The van der Waals surface area contributed by atoms with E-state index in [2.05, 4.69) is 9.84 Å². The highest BCUT2D eigenvalue weighted by Crippen LogP contribution is 2.30. The molecule has 88 valence electrons. The Kier molecular flexibility index (Phi) is 8.94. The quantitative estimate of drug-likeness (QED) is 0.420. The van der Waals surface area contributed by atoms with Crippen molar-refractivity contribution in [1.82, 2.24) is 5.32 Å². The molecule has 1 amide bonds. The van der Waals surface area contributed by atoms with E-state index in [9.17, 15) is 4.79 Å². The molecule has 0 saturated carbocycles. The summed E-state index contributed by atoms with van der Waals surface area (Å²) in [7, 11) is 2.78. The highest BCUT2D eigenvalue weighted by atomic mass is 31.2. The van der Waals surface area contributed by atoms with Gasteiger partial charge in [-0.3, -0.25) is 4.79 Å². The number of nitrogens with one attached hydrogen (secondary N) is 1. The van der Waals surface area contributed by atoms with Crippen molar-refractivity contribution < 1.29 is 23.5 Å². The van der Waals surface area contributed by atoms with Gasteiger partial charge in [0.1, 0.15) is 7.85 Å². The van der Waals surface area contributed by atoms with Crippen molar-refractivity contribution in [2.24, 2.45) is 0 Å². The van der Waals surface area contributed by atoms with Gasteiger partial charge in [-0.25, -0.2) is 0 Å². The van der Waals surface area contributed by atoms with E-state index in [0.717, 1.165) is 0 Å². The van der Waals surface area contributed by atoms with Gasteiger partial charge in [0.05, 0.1) is 19.3 Å². The SMILES string of the molecule is BCC(=O)NC(COC)COP(O)OC. The van der Waals surface area contributed by atoms with Crippen LogP contribution in [0.3, 0.4) is 0 Å². The van der Waals surface area contributed by atoms with Gasteiger partial charge >= 0.3 is 8.60 Å². The summed E-state index contributed by atoms with van der Waals surface area (Å²) in [5, 5.41) is 2.70. The molecule has 0 rings (SSSR count). The number of ether oxygens (including phenoxy) is 1. The van der Waals surface area contributed by atoms with Gasteiger partial charge < -0.3 is 24.0 Å². The molecule has 0 aromatic rings. The van der Waals surface area contributed by atoms with Crippen molar-refractivity contribution >= 4 is 22.4 Å². The highest BCUT2D eigenvalue weighted by molar-refractivity contribution is 7.40. The van der Waals surface area contributed by atoms with Crippen LogP contribution in [0.4, 0.5) is 0 Å². The summed E-state index contributed by atoms with van der Waals surface area (Å²) < 4.78 is 14.4. The van der Waals surface area contributed by atoms with E-state index in [-0.39, 0.29) is 18.6 Å². The summed E-state index contributed by atoms with van der Waals surface area (Å²) in [6.07, 6.45) is 0.401. The minimum absolute atomic E-state index is 0.0830. The molecule has 2 unspecified atom stereocenters. The van der Waals surface area contributed by atoms with Gasteiger partial charge in [0.2, 0.25) is 5.91 Å². The average molecular weight is 237 g/mol. The van der Waals surface area contributed by atoms with Crippen molar-refractivity contribution in [2.75, 3.05) is 27.4 Å². The molecule has 0 aliphatic carbocycles. The van der Waals surface area contributed by atoms with E-state index in [4.69, 9.17) is 14.2 Å². The zero-order valence-corrected chi connectivity index (χ0v) is 10.1. The third-order valence-electron chi connectivity index (χ3n) is 1.60. The predicted molar refractivity (Wildman–Crippen MR) is 59.3 cm³/mol. The summed E-state index contributed by atoms with van der Waals surface area (Å²) in [6.45, 7) is 0.494. The van der Waals surface area contributed by atoms with Crippen LogP contribution in [0, 0.1) is 0 Å². The highest BCUT2D eigenvalue weighted by Gasteiger charge is 2.14. The maximum absolute atomic E-state index is 11.1. The summed E-state index contributed by atoms with van der Waals surface area (Å²) >= 11 is 0. The van der Waals surface area contributed by atoms with Crippen molar-refractivity contribution in [3.8, 4) is 0 Å². The largest absolute Gasteiger partial charge is 0.382 e. The van der Waals surface area contributed by atoms with Crippen molar-refractivity contribution in [1.29, 1.82) is 0 Å². The maximum atomic E-state index is 11.1. The molecule has 0 fully saturated rings. The molecule has 15 heavy (non-hydrogen) atoms. The molecule has 0 aliphatic rings. The van der Waals surface area contributed by atoms with E-state index in [0.29, 0.717) is 12.9 Å². The van der Waals surface area contributed by atoms with Crippen LogP contribution in [0.2, 0.25) is 6.32 Å². The van der Waals surface area contributed by atoms with Crippen molar-refractivity contribution in [2.45, 2.75) is 12.4 Å². The van der Waals surface area contributed by atoms with Gasteiger partial charge in [-0.15, -0.1) is 0 Å². The van der Waals surface area contributed by atoms with Gasteiger partial charge in [-0.05, 0) is 6.32 Å². The third-order valence-corrected chi connectivity index (χ3v) is 2.28. The minimum Gasteiger partial charge on any atom is -0.382 e. The normalized spacial score (nSPS) is 14.6. The first-order chi connectivity index (χ1) is 7.13. The average Bonchev–Trinajstić information content (AvgIpc) is 2.25. The second-order valence-electron chi connectivity index (χ2n) is 2.79. The molecule has 0 spiro atoms. The molecule has 0 aromatic carbocycles. The molecule has 6 nitrogen and oxygen atoms in total. The Bertz CT molecular complexity index is 185. The zero-order valence-electron chi connectivity index (χ0n) is 9.23. The fourth-order valence-corrected chi connectivity index (χ4v) is 1.28. The number of carbonyl (C=O) groups is 1. The Morgan fingerprint density at radius 2 is 2.20 bits per heavy atom. The first-order valence-electron chi connectivity index (χ1n) is 4.58. The lowest BCUT2D eigenvalue weighted by molar-refractivity contribution is -0.120. The lowest BCUT2D eigenvalue weighted by Gasteiger charge is -2.18. The number of hydrogen-bond donors (Lipinski definition) is 2. The van der Waals surface area contributed by atoms with Crippen molar-refractivity contribution in [3.05, 3.63) is 0 Å². The summed E-state index contributed by atoms with van der Waals surface area (Å²) in [6, 6.07) is -0.269. The molecule has 0 aliphatic heterocycles. The minimum atomic E-state index is -1.86. The number of rotatable bonds is 8. The van der Waals surface area contributed by atoms with E-state index in [1.54, 1.807) is 7.85 Å².